The molecule has 1 amide bonds. The molecule has 300 valence electrons. The molecule has 56 heavy (non-hydrogen) atoms. The van der Waals surface area contributed by atoms with Gasteiger partial charge in [-0.3, -0.25) is 24.8 Å². The summed E-state index contributed by atoms with van der Waals surface area (Å²) >= 11 is 0. The average molecular weight is 769 g/mol. The zero-order valence-electron chi connectivity index (χ0n) is 32.9. The van der Waals surface area contributed by atoms with E-state index in [9.17, 15) is 24.9 Å². The minimum Gasteiger partial charge on any atom is -0.496 e. The molecule has 2 saturated heterocycles. The number of nitrogens with two attached hydrogens (primary N) is 1. The maximum Gasteiger partial charge on any atom is 0.293 e. The Kier molecular flexibility index (Phi) is 8.74. The van der Waals surface area contributed by atoms with Gasteiger partial charge in [-0.15, -0.1) is 0 Å². The summed E-state index contributed by atoms with van der Waals surface area (Å²) in [6, 6.07) is 11.4. The number of ether oxygens (including phenoxy) is 2. The smallest absolute Gasteiger partial charge is 0.293 e. The second-order valence-electron chi connectivity index (χ2n) is 17.7. The molecule has 3 aromatic rings. The van der Waals surface area contributed by atoms with Crippen molar-refractivity contribution >= 4 is 29.0 Å². The molecule has 10 atom stereocenters. The van der Waals surface area contributed by atoms with E-state index in [1.165, 1.54) is 0 Å². The Bertz CT molecular complexity index is 2110. The third-order valence-electron chi connectivity index (χ3n) is 15.3. The van der Waals surface area contributed by atoms with Crippen LogP contribution in [-0.2, 0) is 31.6 Å². The molecule has 6 heterocycles. The number of H-pyrrole nitrogens is 1. The molecule has 1 spiro atoms. The number of aliphatic hydroxyl groups is 3. The summed E-state index contributed by atoms with van der Waals surface area (Å²) in [5.74, 6) is 5.63. The Morgan fingerprint density at radius 2 is 1.91 bits per heavy atom. The number of piperidine rings is 1. The van der Waals surface area contributed by atoms with E-state index in [-0.39, 0.29) is 18.6 Å². The van der Waals surface area contributed by atoms with Crippen LogP contribution in [0.1, 0.15) is 68.3 Å². The van der Waals surface area contributed by atoms with Gasteiger partial charge in [0.2, 0.25) is 0 Å². The highest BCUT2D eigenvalue weighted by molar-refractivity contribution is 5.90. The topological polar surface area (TPSA) is 177 Å². The molecule has 7 N–H and O–H groups in total. The molecular weight excluding hydrogens is 713 g/mol. The number of methoxy groups -OCH3 is 1. The van der Waals surface area contributed by atoms with Gasteiger partial charge < -0.3 is 34.7 Å². The maximum atomic E-state index is 14.0. The number of nitrogens with one attached hydrogen (secondary N) is 2. The van der Waals surface area contributed by atoms with Crippen LogP contribution in [0.4, 0.5) is 5.69 Å². The Morgan fingerprint density at radius 3 is 2.64 bits per heavy atom. The maximum absolute atomic E-state index is 14.0. The van der Waals surface area contributed by atoms with Crippen molar-refractivity contribution in [3.8, 4) is 5.75 Å². The van der Waals surface area contributed by atoms with Crippen LogP contribution < -0.4 is 20.9 Å². The first kappa shape index (κ1) is 37.6. The number of aromatic amines is 1. The first-order valence-corrected chi connectivity index (χ1v) is 20.3. The number of rotatable bonds is 8. The molecule has 0 radical (unpaired) electrons. The number of benzene rings is 2. The zero-order chi connectivity index (χ0) is 39.4. The number of fused-ring (bicyclic) bond motifs is 6. The number of anilines is 1. The van der Waals surface area contributed by atoms with Gasteiger partial charge in [-0.05, 0) is 74.2 Å². The van der Waals surface area contributed by atoms with Gasteiger partial charge in [0.25, 0.3) is 12.4 Å². The lowest BCUT2D eigenvalue weighted by atomic mass is 9.47. The van der Waals surface area contributed by atoms with Gasteiger partial charge in [-0.1, -0.05) is 44.2 Å². The van der Waals surface area contributed by atoms with Crippen LogP contribution in [0.2, 0.25) is 0 Å². The summed E-state index contributed by atoms with van der Waals surface area (Å²) in [4.78, 5) is 37.0. The standard InChI is InChI=1S/C43H56N6O7/c1-5-39(53)20-26-21-41(24-56-25-50,34-28(12-16-48(22-26)23-39)27-10-7-8-11-31(27)45-34)30-18-29-32(19-33(30)55-4)47(3)36-42(29)14-17-49-15-9-13-40(6-2,35(42)49)37(51)43(36,54)38(52)46-44/h7-11,13,18-19,25-26,35-37,45,51,53-54H,5-6,12,14-17,20-24,44H2,1-4H3,(H,46,52)/t26-,35+,36-,37-,39+,40-,41+,42-,43+/m1/s1. The number of amides is 1. The van der Waals surface area contributed by atoms with Crippen molar-refractivity contribution in [1.29, 1.82) is 0 Å². The van der Waals surface area contributed by atoms with Crippen molar-refractivity contribution in [3.05, 3.63) is 70.9 Å². The van der Waals surface area contributed by atoms with Crippen LogP contribution in [0.25, 0.3) is 10.9 Å². The van der Waals surface area contributed by atoms with Crippen LogP contribution in [0, 0.1) is 11.3 Å². The molecule has 13 nitrogen and oxygen atoms in total. The highest BCUT2D eigenvalue weighted by Gasteiger charge is 2.78. The fraction of sp³-hybridized carbons (Fsp3) is 0.581. The molecule has 9 rings (SSSR count). The summed E-state index contributed by atoms with van der Waals surface area (Å²) in [7, 11) is 3.52. The number of hydrogen-bond donors (Lipinski definition) is 6. The first-order chi connectivity index (χ1) is 26.9. The number of para-hydroxylation sites is 1. The van der Waals surface area contributed by atoms with Crippen molar-refractivity contribution in [3.63, 3.8) is 0 Å². The third kappa shape index (κ3) is 4.75. The second kappa shape index (κ2) is 13.0. The summed E-state index contributed by atoms with van der Waals surface area (Å²) in [6.07, 6.45) is 6.22. The lowest BCUT2D eigenvalue weighted by Gasteiger charge is -2.63. The van der Waals surface area contributed by atoms with Crippen LogP contribution in [-0.4, -0.2) is 125 Å². The third-order valence-corrected chi connectivity index (χ3v) is 15.3. The van der Waals surface area contributed by atoms with Gasteiger partial charge >= 0.3 is 0 Å². The van der Waals surface area contributed by atoms with E-state index in [1.807, 2.05) is 56.1 Å². The fourth-order valence-electron chi connectivity index (χ4n) is 13.2. The summed E-state index contributed by atoms with van der Waals surface area (Å²) < 4.78 is 12.3. The van der Waals surface area contributed by atoms with E-state index < -0.39 is 45.5 Å². The zero-order valence-corrected chi connectivity index (χ0v) is 32.9. The number of likely N-dealkylation sites (N-methyl/N-ethyl adjacent to an activating group) is 1. The van der Waals surface area contributed by atoms with Crippen LogP contribution in [0.15, 0.2) is 48.6 Å². The quantitative estimate of drug-likeness (QED) is 0.0652. The molecule has 5 aliphatic heterocycles. The van der Waals surface area contributed by atoms with Crippen LogP contribution in [0.5, 0.6) is 5.75 Å². The molecule has 1 unspecified atom stereocenters. The van der Waals surface area contributed by atoms with E-state index in [1.54, 1.807) is 7.11 Å². The number of nitrogens with zero attached hydrogens (tertiary/aromatic N) is 3. The van der Waals surface area contributed by atoms with Gasteiger partial charge in [-0.2, -0.15) is 0 Å². The number of carbonyl (C=O) groups is 2. The van der Waals surface area contributed by atoms with E-state index in [4.69, 9.17) is 15.3 Å². The summed E-state index contributed by atoms with van der Waals surface area (Å²) in [5.41, 5.74) is 2.01. The number of hydrazine groups is 1. The SMILES string of the molecule is CC[C@]1(O)C[C@H]2CN(CCc3c([nH]c4ccccc34)[C@@](COC=O)(c3cc4c(cc3OC)N(C)[C@H]3[C@@](O)(C(=O)NN)[C@H](O)[C@]5(CC)C=CCN6CC[C@]43[C@@H]65)C2)C1. The Morgan fingerprint density at radius 1 is 1.11 bits per heavy atom. The van der Waals surface area contributed by atoms with Crippen molar-refractivity contribution in [2.24, 2.45) is 17.2 Å². The molecule has 1 aliphatic carbocycles. The minimum absolute atomic E-state index is 0.0220. The molecular formula is C43H56N6O7. The largest absolute Gasteiger partial charge is 0.496 e. The Hall–Kier alpha value is -3.98. The van der Waals surface area contributed by atoms with Crippen molar-refractivity contribution < 1.29 is 34.4 Å². The van der Waals surface area contributed by atoms with E-state index >= 15 is 0 Å². The molecule has 2 bridgehead atoms. The predicted molar refractivity (Wildman–Crippen MR) is 211 cm³/mol. The molecule has 1 aromatic heterocycles. The van der Waals surface area contributed by atoms with Gasteiger partial charge in [0.05, 0.1) is 24.2 Å². The van der Waals surface area contributed by atoms with Gasteiger partial charge in [0.1, 0.15) is 18.5 Å². The van der Waals surface area contributed by atoms with Gasteiger partial charge in [-0.25, -0.2) is 5.84 Å². The van der Waals surface area contributed by atoms with Crippen LogP contribution >= 0.6 is 0 Å². The molecule has 13 heteroatoms. The second-order valence-corrected chi connectivity index (χ2v) is 17.7. The van der Waals surface area contributed by atoms with Gasteiger partial charge in [0, 0.05) is 84.0 Å². The minimum atomic E-state index is -2.28. The molecule has 6 aliphatic rings. The predicted octanol–water partition coefficient (Wildman–Crippen LogP) is 2.24. The summed E-state index contributed by atoms with van der Waals surface area (Å²) in [6.45, 7) is 8.14. The van der Waals surface area contributed by atoms with Crippen LogP contribution in [0.3, 0.4) is 0 Å². The molecule has 3 fully saturated rings. The number of hydrogen-bond acceptors (Lipinski definition) is 11. The molecule has 1 saturated carbocycles. The number of carbonyl (C=O) groups excluding carboxylic acids is 2. The highest BCUT2D eigenvalue weighted by Crippen LogP contribution is 2.67. The monoisotopic (exact) mass is 768 g/mol. The lowest BCUT2D eigenvalue weighted by Crippen LogP contribution is -2.82. The normalized spacial score (nSPS) is 38.4. The molecule has 2 aromatic carbocycles. The number of aromatic nitrogens is 1. The lowest BCUT2D eigenvalue weighted by molar-refractivity contribution is -0.203. The first-order valence-electron chi connectivity index (χ1n) is 20.3. The van der Waals surface area contributed by atoms with E-state index in [0.717, 1.165) is 58.5 Å². The van der Waals surface area contributed by atoms with Crippen molar-refractivity contribution in [2.45, 2.75) is 92.6 Å². The van der Waals surface area contributed by atoms with E-state index in [0.29, 0.717) is 64.0 Å². The Labute approximate surface area is 327 Å². The van der Waals surface area contributed by atoms with Crippen molar-refractivity contribution in [2.75, 3.05) is 58.4 Å². The average Bonchev–Trinajstić information content (AvgIpc) is 3.87. The highest BCUT2D eigenvalue weighted by atomic mass is 16.5. The fourth-order valence-corrected chi connectivity index (χ4v) is 13.2. The number of aliphatic hydroxyl groups excluding tert-OH is 1. The van der Waals surface area contributed by atoms with Crippen molar-refractivity contribution in [1.82, 2.24) is 20.2 Å². The Balaban J connectivity index is 1.35. The summed E-state index contributed by atoms with van der Waals surface area (Å²) in [5, 5.41) is 38.4. The van der Waals surface area contributed by atoms with E-state index in [2.05, 4.69) is 38.4 Å². The van der Waals surface area contributed by atoms with Gasteiger partial charge in [0.15, 0.2) is 5.60 Å².